The summed E-state index contributed by atoms with van der Waals surface area (Å²) in [6, 6.07) is 0. The number of phosphoric acid groups is 2. The summed E-state index contributed by atoms with van der Waals surface area (Å²) in [5, 5.41) is 26.4. The molecule has 3 aromatic heterocycles. The number of aliphatic hydroxyl groups excluding tert-OH is 2. The number of hydrogen-bond donors (Lipinski definition) is 7. The fourth-order valence-electron chi connectivity index (χ4n) is 5.58. The van der Waals surface area contributed by atoms with E-state index in [0.717, 1.165) is 10.9 Å². The Hall–Kier alpha value is -2.95. The lowest BCUT2D eigenvalue weighted by Crippen LogP contribution is -2.35. The maximum absolute atomic E-state index is 13.2. The van der Waals surface area contributed by atoms with E-state index in [2.05, 4.69) is 25.0 Å². The molecule has 9 N–H and O–H groups in total. The molecule has 4 aliphatic heterocycles. The van der Waals surface area contributed by atoms with Crippen molar-refractivity contribution in [3.05, 3.63) is 28.4 Å². The van der Waals surface area contributed by atoms with Crippen LogP contribution in [0, 0.1) is 0 Å². The fraction of sp³-hybridized carbons (Fsp3) is 0.571. The number of aliphatic imine (C=N–C) groups is 1. The standard InChI is InChI=1S/C21H27N9O13P2/c22-10-1-2-24-17-7(3-26-30(10)17)14-13(32)15-9(40-14)5-39-45(36,37)43-16-12(31)8(4-38-44(34,35)42-15)41-20(16)29-6-25-11-18(29)27-21(23)28-19(11)33/h2-3,6,8-10,12-16,20,31-32H,1,4-5,22H2,(H,34,35)(H,36,37)(H3,23,27,28,33)/t8-,9-,10?,12?,13-,14+,15?,16+,20-/m1/s1. The van der Waals surface area contributed by atoms with Crippen LogP contribution in [0.5, 0.6) is 0 Å². The number of fused-ring (bicyclic) bond motifs is 5. The summed E-state index contributed by atoms with van der Waals surface area (Å²) in [5.74, 6) is -0.00848. The third-order valence-electron chi connectivity index (χ3n) is 7.66. The molecule has 4 aliphatic rings. The summed E-state index contributed by atoms with van der Waals surface area (Å²) in [5.41, 5.74) is 11.0. The van der Waals surface area contributed by atoms with Crippen LogP contribution >= 0.6 is 15.6 Å². The first-order chi connectivity index (χ1) is 21.3. The van der Waals surface area contributed by atoms with Crippen LogP contribution < -0.4 is 17.0 Å². The molecule has 3 fully saturated rings. The lowest BCUT2D eigenvalue weighted by molar-refractivity contribution is -0.0636. The van der Waals surface area contributed by atoms with Crippen LogP contribution in [-0.2, 0) is 36.7 Å². The number of H-pyrrole nitrogens is 1. The van der Waals surface area contributed by atoms with Crippen LogP contribution in [0.1, 0.15) is 30.5 Å². The molecular weight excluding hydrogens is 648 g/mol. The second kappa shape index (κ2) is 11.1. The molecule has 3 saturated heterocycles. The molecule has 24 heteroatoms. The molecule has 0 saturated carbocycles. The second-order valence-corrected chi connectivity index (χ2v) is 13.4. The zero-order valence-corrected chi connectivity index (χ0v) is 24.5. The van der Waals surface area contributed by atoms with E-state index in [4.69, 9.17) is 39.0 Å². The highest BCUT2D eigenvalue weighted by Gasteiger charge is 2.54. The number of hydrogen-bond acceptors (Lipinski definition) is 17. The molecule has 0 aromatic carbocycles. The highest BCUT2D eigenvalue weighted by molar-refractivity contribution is 7.47. The summed E-state index contributed by atoms with van der Waals surface area (Å²) < 4.78 is 61.4. The SMILES string of the molecule is Nc1nc2c(ncn2[C@@H]2O[C@@H]3COP(=O)(O)OC4[C@@H](COP(=O)(O)O[C@H]2C3O)O[C@@H](c2cnn3c2N=CCC3N)[C@H]4O)c(=O)[nH]1. The zero-order valence-electron chi connectivity index (χ0n) is 22.7. The third-order valence-corrected chi connectivity index (χ3v) is 9.63. The van der Waals surface area contributed by atoms with E-state index in [9.17, 15) is 33.9 Å². The van der Waals surface area contributed by atoms with E-state index in [1.165, 1.54) is 10.9 Å². The number of aromatic amines is 1. The van der Waals surface area contributed by atoms with Gasteiger partial charge in [0.2, 0.25) is 5.95 Å². The molecule has 11 atom stereocenters. The number of phosphoric ester groups is 2. The first-order valence-corrected chi connectivity index (χ1v) is 16.4. The summed E-state index contributed by atoms with van der Waals surface area (Å²) >= 11 is 0. The molecule has 0 amide bonds. The average molecular weight is 675 g/mol. The summed E-state index contributed by atoms with van der Waals surface area (Å²) in [6.07, 6.45) is -8.48. The smallest absolute Gasteiger partial charge is 0.387 e. The minimum absolute atomic E-state index is 0.121. The van der Waals surface area contributed by atoms with Crippen LogP contribution in [0.4, 0.5) is 11.8 Å². The van der Waals surface area contributed by atoms with Crippen molar-refractivity contribution in [3.63, 3.8) is 0 Å². The number of imidazole rings is 1. The van der Waals surface area contributed by atoms with Gasteiger partial charge in [0.15, 0.2) is 23.2 Å². The van der Waals surface area contributed by atoms with Gasteiger partial charge in [0.1, 0.15) is 48.9 Å². The van der Waals surface area contributed by atoms with Crippen LogP contribution in [0.25, 0.3) is 11.2 Å². The first-order valence-electron chi connectivity index (χ1n) is 13.4. The molecule has 0 radical (unpaired) electrons. The molecule has 7 rings (SSSR count). The monoisotopic (exact) mass is 675 g/mol. The summed E-state index contributed by atoms with van der Waals surface area (Å²) in [6.45, 7) is -1.61. The van der Waals surface area contributed by atoms with E-state index in [0.29, 0.717) is 6.42 Å². The van der Waals surface area contributed by atoms with Crippen molar-refractivity contribution >= 4 is 44.8 Å². The van der Waals surface area contributed by atoms with Gasteiger partial charge in [-0.2, -0.15) is 10.1 Å². The van der Waals surface area contributed by atoms with E-state index < -0.39 is 89.5 Å². The maximum Gasteiger partial charge on any atom is 0.472 e. The van der Waals surface area contributed by atoms with Crippen molar-refractivity contribution in [2.24, 2.45) is 10.7 Å². The number of rotatable bonds is 2. The quantitative estimate of drug-likeness (QED) is 0.148. The van der Waals surface area contributed by atoms with E-state index in [1.54, 1.807) is 6.21 Å². The van der Waals surface area contributed by atoms with Crippen molar-refractivity contribution in [3.8, 4) is 0 Å². The van der Waals surface area contributed by atoms with Gasteiger partial charge in [-0.05, 0) is 0 Å². The van der Waals surface area contributed by atoms with E-state index >= 15 is 0 Å². The second-order valence-electron chi connectivity index (χ2n) is 10.6. The topological polar surface area (TPSA) is 316 Å². The molecule has 0 aliphatic carbocycles. The fourth-order valence-corrected chi connectivity index (χ4v) is 7.48. The Morgan fingerprint density at radius 1 is 1.02 bits per heavy atom. The summed E-state index contributed by atoms with van der Waals surface area (Å²) in [7, 11) is -10.1. The van der Waals surface area contributed by atoms with Gasteiger partial charge in [-0.3, -0.25) is 32.4 Å². The normalized spacial score (nSPS) is 40.4. The lowest BCUT2D eigenvalue weighted by atomic mass is 10.0. The van der Waals surface area contributed by atoms with Crippen molar-refractivity contribution in [2.45, 2.75) is 61.5 Å². The molecule has 7 heterocycles. The van der Waals surface area contributed by atoms with Gasteiger partial charge in [-0.15, -0.1) is 0 Å². The van der Waals surface area contributed by atoms with Crippen LogP contribution in [0.15, 0.2) is 22.3 Å². The minimum atomic E-state index is -5.10. The first kappa shape index (κ1) is 30.7. The highest BCUT2D eigenvalue weighted by atomic mass is 31.2. The van der Waals surface area contributed by atoms with Crippen LogP contribution in [-0.4, -0.2) is 105 Å². The number of aliphatic hydroxyl groups is 2. The van der Waals surface area contributed by atoms with E-state index in [-0.39, 0.29) is 28.5 Å². The number of ether oxygens (including phenoxy) is 2. The molecule has 244 valence electrons. The number of nitrogen functional groups attached to an aromatic ring is 1. The van der Waals surface area contributed by atoms with Gasteiger partial charge in [-0.1, -0.05) is 0 Å². The van der Waals surface area contributed by atoms with E-state index in [1.807, 2.05) is 0 Å². The van der Waals surface area contributed by atoms with Crippen molar-refractivity contribution in [2.75, 3.05) is 18.9 Å². The van der Waals surface area contributed by atoms with Gasteiger partial charge < -0.3 is 40.9 Å². The Kier molecular flexibility index (Phi) is 7.56. The Morgan fingerprint density at radius 3 is 2.49 bits per heavy atom. The Bertz CT molecular complexity index is 1810. The number of nitrogens with one attached hydrogen (secondary N) is 1. The van der Waals surface area contributed by atoms with Gasteiger partial charge in [0, 0.05) is 18.2 Å². The Labute approximate surface area is 250 Å². The van der Waals surface area contributed by atoms with Crippen LogP contribution in [0.2, 0.25) is 0 Å². The number of nitrogens with two attached hydrogens (primary N) is 2. The van der Waals surface area contributed by atoms with Crippen molar-refractivity contribution in [1.29, 1.82) is 0 Å². The summed E-state index contributed by atoms with van der Waals surface area (Å²) in [4.78, 5) is 48.1. The third kappa shape index (κ3) is 5.46. The molecular formula is C21H27N9O13P2. The molecule has 2 bridgehead atoms. The molecule has 5 unspecified atom stereocenters. The van der Waals surface area contributed by atoms with Crippen molar-refractivity contribution < 1.29 is 56.7 Å². The van der Waals surface area contributed by atoms with Gasteiger partial charge >= 0.3 is 15.6 Å². The van der Waals surface area contributed by atoms with Gasteiger partial charge in [-0.25, -0.2) is 23.8 Å². The Balaban J connectivity index is 1.20. The zero-order chi connectivity index (χ0) is 31.8. The number of aromatic nitrogens is 6. The Morgan fingerprint density at radius 2 is 1.73 bits per heavy atom. The predicted molar refractivity (Wildman–Crippen MR) is 146 cm³/mol. The highest BCUT2D eigenvalue weighted by Crippen LogP contribution is 2.54. The minimum Gasteiger partial charge on any atom is -0.387 e. The van der Waals surface area contributed by atoms with Gasteiger partial charge in [0.25, 0.3) is 5.56 Å². The van der Waals surface area contributed by atoms with Gasteiger partial charge in [0.05, 0.1) is 25.7 Å². The number of anilines is 1. The molecule has 45 heavy (non-hydrogen) atoms. The molecule has 3 aromatic rings. The lowest BCUT2D eigenvalue weighted by Gasteiger charge is -2.26. The molecule has 22 nitrogen and oxygen atoms in total. The predicted octanol–water partition coefficient (Wildman–Crippen LogP) is -1.76. The van der Waals surface area contributed by atoms with Crippen molar-refractivity contribution in [1.82, 2.24) is 29.3 Å². The number of nitrogens with zero attached hydrogens (tertiary/aromatic N) is 6. The van der Waals surface area contributed by atoms with Crippen LogP contribution in [0.3, 0.4) is 0 Å². The average Bonchev–Trinajstić information content (AvgIpc) is 3.72. The molecule has 0 spiro atoms. The maximum atomic E-state index is 13.2. The largest absolute Gasteiger partial charge is 0.472 e.